The van der Waals surface area contributed by atoms with Gasteiger partial charge in [0, 0.05) is 13.0 Å². The van der Waals surface area contributed by atoms with Crippen molar-refractivity contribution in [1.82, 2.24) is 10.2 Å². The van der Waals surface area contributed by atoms with Crippen LogP contribution in [0, 0.1) is 5.82 Å². The Kier molecular flexibility index (Phi) is 8.62. The van der Waals surface area contributed by atoms with Crippen LogP contribution in [0.3, 0.4) is 0 Å². The minimum absolute atomic E-state index is 0.0631. The maximum atomic E-state index is 13.1. The number of carbonyl (C=O) groups is 2. The topological polar surface area (TPSA) is 69.6 Å². The molecule has 1 aliphatic heterocycles. The molecule has 1 heterocycles. The van der Waals surface area contributed by atoms with E-state index < -0.39 is 17.9 Å². The number of piperidine rings is 1. The summed E-state index contributed by atoms with van der Waals surface area (Å²) in [6, 6.07) is 18.1. The lowest BCUT2D eigenvalue weighted by Gasteiger charge is -2.32. The highest BCUT2D eigenvalue weighted by Gasteiger charge is 2.25. The molecule has 1 atom stereocenters. The predicted octanol–water partition coefficient (Wildman–Crippen LogP) is 5.94. The van der Waals surface area contributed by atoms with Crippen molar-refractivity contribution in [3.8, 4) is 0 Å². The first-order chi connectivity index (χ1) is 17.3. The van der Waals surface area contributed by atoms with Crippen LogP contribution >= 0.6 is 23.2 Å². The molecule has 1 amide bonds. The fourth-order valence-electron chi connectivity index (χ4n) is 4.58. The van der Waals surface area contributed by atoms with Gasteiger partial charge in [0.2, 0.25) is 0 Å². The number of aliphatic carboxylic acids is 1. The molecule has 0 unspecified atom stereocenters. The largest absolute Gasteiger partial charge is 0.480 e. The Morgan fingerprint density at radius 1 is 0.944 bits per heavy atom. The van der Waals surface area contributed by atoms with Crippen molar-refractivity contribution >= 4 is 35.1 Å². The molecule has 0 radical (unpaired) electrons. The molecule has 1 aliphatic rings. The average Bonchev–Trinajstić information content (AvgIpc) is 2.86. The molecule has 0 aromatic heterocycles. The molecule has 3 aromatic rings. The lowest BCUT2D eigenvalue weighted by Crippen LogP contribution is -2.42. The number of rotatable bonds is 8. The Morgan fingerprint density at radius 2 is 1.53 bits per heavy atom. The van der Waals surface area contributed by atoms with E-state index in [1.165, 1.54) is 29.8 Å². The molecule has 0 spiro atoms. The standard InChI is InChI=1S/C28H27Cl2FN2O3/c29-23-2-1-3-24(30)26(23)27(34)32-25(28(35)36)16-18-4-8-20(9-5-18)21-12-14-33(15-13-21)17-19-6-10-22(31)11-7-19/h1-11,21,25H,12-17H2,(H,32,34)(H,35,36)/t25-/m0/s1. The molecule has 2 N–H and O–H groups in total. The fourth-order valence-corrected chi connectivity index (χ4v) is 5.15. The van der Waals surface area contributed by atoms with Gasteiger partial charge in [-0.05, 0) is 72.8 Å². The van der Waals surface area contributed by atoms with E-state index in [1.54, 1.807) is 6.07 Å². The Bertz CT molecular complexity index is 1190. The lowest BCUT2D eigenvalue weighted by atomic mass is 9.88. The summed E-state index contributed by atoms with van der Waals surface area (Å²) >= 11 is 12.2. The molecular formula is C28H27Cl2FN2O3. The van der Waals surface area contributed by atoms with Gasteiger partial charge in [-0.2, -0.15) is 0 Å². The Labute approximate surface area is 219 Å². The summed E-state index contributed by atoms with van der Waals surface area (Å²) in [5.41, 5.74) is 3.20. The molecule has 36 heavy (non-hydrogen) atoms. The second-order valence-corrected chi connectivity index (χ2v) is 9.90. The molecule has 4 rings (SSSR count). The number of nitrogens with one attached hydrogen (secondary N) is 1. The van der Waals surface area contributed by atoms with Crippen molar-refractivity contribution in [1.29, 1.82) is 0 Å². The maximum absolute atomic E-state index is 13.1. The van der Waals surface area contributed by atoms with Crippen LogP contribution in [0.2, 0.25) is 10.0 Å². The van der Waals surface area contributed by atoms with Crippen LogP contribution in [0.1, 0.15) is 45.8 Å². The van der Waals surface area contributed by atoms with Gasteiger partial charge in [-0.15, -0.1) is 0 Å². The summed E-state index contributed by atoms with van der Waals surface area (Å²) in [6.45, 7) is 2.73. The average molecular weight is 529 g/mol. The number of likely N-dealkylation sites (tertiary alicyclic amines) is 1. The van der Waals surface area contributed by atoms with E-state index in [2.05, 4.69) is 10.2 Å². The Morgan fingerprint density at radius 3 is 2.11 bits per heavy atom. The SMILES string of the molecule is O=C(N[C@@H](Cc1ccc(C2CCN(Cc3ccc(F)cc3)CC2)cc1)C(=O)O)c1c(Cl)cccc1Cl. The van der Waals surface area contributed by atoms with Gasteiger partial charge in [-0.25, -0.2) is 9.18 Å². The number of carbonyl (C=O) groups excluding carboxylic acids is 1. The first-order valence-corrected chi connectivity index (χ1v) is 12.6. The van der Waals surface area contributed by atoms with Crippen molar-refractivity contribution < 1.29 is 19.1 Å². The van der Waals surface area contributed by atoms with Crippen LogP contribution in [-0.4, -0.2) is 41.0 Å². The van der Waals surface area contributed by atoms with E-state index in [0.717, 1.165) is 43.6 Å². The van der Waals surface area contributed by atoms with E-state index >= 15 is 0 Å². The fraction of sp³-hybridized carbons (Fsp3) is 0.286. The third kappa shape index (κ3) is 6.64. The Balaban J connectivity index is 1.33. The summed E-state index contributed by atoms with van der Waals surface area (Å²) in [5, 5.41) is 12.5. The third-order valence-electron chi connectivity index (χ3n) is 6.59. The molecule has 1 fully saturated rings. The summed E-state index contributed by atoms with van der Waals surface area (Å²) < 4.78 is 13.1. The quantitative estimate of drug-likeness (QED) is 0.379. The molecule has 0 aliphatic carbocycles. The van der Waals surface area contributed by atoms with Gasteiger partial charge in [0.05, 0.1) is 15.6 Å². The predicted molar refractivity (Wildman–Crippen MR) is 139 cm³/mol. The van der Waals surface area contributed by atoms with Crippen LogP contribution in [-0.2, 0) is 17.8 Å². The first kappa shape index (κ1) is 26.1. The number of hydrogen-bond acceptors (Lipinski definition) is 3. The van der Waals surface area contributed by atoms with Crippen LogP contribution in [0.5, 0.6) is 0 Å². The maximum Gasteiger partial charge on any atom is 0.326 e. The van der Waals surface area contributed by atoms with Crippen LogP contribution in [0.4, 0.5) is 4.39 Å². The van der Waals surface area contributed by atoms with Crippen molar-refractivity contribution in [2.24, 2.45) is 0 Å². The highest BCUT2D eigenvalue weighted by atomic mass is 35.5. The normalized spacial score (nSPS) is 15.4. The molecule has 1 saturated heterocycles. The van der Waals surface area contributed by atoms with Crippen LogP contribution in [0.25, 0.3) is 0 Å². The zero-order valence-electron chi connectivity index (χ0n) is 19.6. The molecule has 8 heteroatoms. The number of hydrogen-bond donors (Lipinski definition) is 2. The van der Waals surface area contributed by atoms with Gasteiger partial charge >= 0.3 is 5.97 Å². The zero-order chi connectivity index (χ0) is 25.7. The summed E-state index contributed by atoms with van der Waals surface area (Å²) in [7, 11) is 0. The number of carboxylic acids is 1. The molecule has 3 aromatic carbocycles. The van der Waals surface area contributed by atoms with Crippen molar-refractivity contribution in [2.75, 3.05) is 13.1 Å². The highest BCUT2D eigenvalue weighted by molar-refractivity contribution is 6.39. The van der Waals surface area contributed by atoms with Gasteiger partial charge in [0.25, 0.3) is 5.91 Å². The van der Waals surface area contributed by atoms with Crippen molar-refractivity contribution in [2.45, 2.75) is 37.8 Å². The summed E-state index contributed by atoms with van der Waals surface area (Å²) in [6.07, 6.45) is 2.18. The van der Waals surface area contributed by atoms with Crippen LogP contribution < -0.4 is 5.32 Å². The smallest absolute Gasteiger partial charge is 0.326 e. The molecule has 0 bridgehead atoms. The van der Waals surface area contributed by atoms with E-state index in [4.69, 9.17) is 23.2 Å². The van der Waals surface area contributed by atoms with Gasteiger partial charge in [0.15, 0.2) is 0 Å². The number of amides is 1. The summed E-state index contributed by atoms with van der Waals surface area (Å²) in [4.78, 5) is 26.9. The minimum atomic E-state index is -1.14. The second kappa shape index (κ2) is 11.9. The highest BCUT2D eigenvalue weighted by Crippen LogP contribution is 2.29. The number of carboxylic acid groups (broad SMARTS) is 1. The summed E-state index contributed by atoms with van der Waals surface area (Å²) in [5.74, 6) is -1.55. The molecule has 0 saturated carbocycles. The van der Waals surface area contributed by atoms with Gasteiger partial charge in [-0.3, -0.25) is 9.69 Å². The first-order valence-electron chi connectivity index (χ1n) is 11.8. The van der Waals surface area contributed by atoms with Gasteiger partial charge in [0.1, 0.15) is 11.9 Å². The minimum Gasteiger partial charge on any atom is -0.480 e. The second-order valence-electron chi connectivity index (χ2n) is 9.08. The number of halogens is 3. The Hall–Kier alpha value is -2.93. The van der Waals surface area contributed by atoms with Crippen LogP contribution in [0.15, 0.2) is 66.7 Å². The van der Waals surface area contributed by atoms with Gasteiger partial charge in [-0.1, -0.05) is 65.7 Å². The van der Waals surface area contributed by atoms with E-state index in [0.29, 0.717) is 5.92 Å². The molecule has 5 nitrogen and oxygen atoms in total. The van der Waals surface area contributed by atoms with E-state index in [9.17, 15) is 19.1 Å². The van der Waals surface area contributed by atoms with Gasteiger partial charge < -0.3 is 10.4 Å². The third-order valence-corrected chi connectivity index (χ3v) is 7.22. The van der Waals surface area contributed by atoms with Crippen molar-refractivity contribution in [3.05, 3.63) is 105 Å². The number of nitrogens with zero attached hydrogens (tertiary/aromatic N) is 1. The van der Waals surface area contributed by atoms with Crippen molar-refractivity contribution in [3.63, 3.8) is 0 Å². The number of benzene rings is 3. The molecular weight excluding hydrogens is 502 g/mol. The monoisotopic (exact) mass is 528 g/mol. The zero-order valence-corrected chi connectivity index (χ0v) is 21.1. The molecule has 188 valence electrons. The lowest BCUT2D eigenvalue weighted by molar-refractivity contribution is -0.139. The van der Waals surface area contributed by atoms with E-state index in [-0.39, 0.29) is 27.8 Å². The van der Waals surface area contributed by atoms with E-state index in [1.807, 2.05) is 36.4 Å².